The summed E-state index contributed by atoms with van der Waals surface area (Å²) >= 11 is 0. The number of methoxy groups -OCH3 is 4. The van der Waals surface area contributed by atoms with Crippen molar-refractivity contribution in [3.05, 3.63) is 47.5 Å². The van der Waals surface area contributed by atoms with Crippen LogP contribution in [0.15, 0.2) is 36.4 Å². The van der Waals surface area contributed by atoms with Crippen molar-refractivity contribution in [3.63, 3.8) is 0 Å². The van der Waals surface area contributed by atoms with Gasteiger partial charge in [0.15, 0.2) is 35.4 Å². The predicted molar refractivity (Wildman–Crippen MR) is 177 cm³/mol. The fourth-order valence-electron chi connectivity index (χ4n) is 5.33. The number of benzene rings is 2. The first-order valence-corrected chi connectivity index (χ1v) is 15.9. The molecule has 19 heteroatoms. The van der Waals surface area contributed by atoms with E-state index >= 15 is 0 Å². The van der Waals surface area contributed by atoms with Crippen molar-refractivity contribution >= 4 is 24.1 Å². The Morgan fingerprint density at radius 2 is 1.06 bits per heavy atom. The van der Waals surface area contributed by atoms with Crippen LogP contribution in [0, 0.1) is 0 Å². The smallest absolute Gasteiger partial charge is 0.333 e. The highest BCUT2D eigenvalue weighted by Crippen LogP contribution is 2.38. The molecule has 0 bridgehead atoms. The Labute approximate surface area is 302 Å². The Morgan fingerprint density at radius 3 is 1.51 bits per heavy atom. The minimum Gasteiger partial charge on any atom is -0.502 e. The highest BCUT2D eigenvalue weighted by molar-refractivity contribution is 5.88. The van der Waals surface area contributed by atoms with Gasteiger partial charge in [0.2, 0.25) is 17.8 Å². The maximum Gasteiger partial charge on any atom is 0.333 e. The van der Waals surface area contributed by atoms with Gasteiger partial charge in [-0.15, -0.1) is 0 Å². The number of hydrogen-bond donors (Lipinski definition) is 8. The molecule has 0 aromatic heterocycles. The molecule has 2 heterocycles. The Morgan fingerprint density at radius 1 is 0.623 bits per heavy atom. The van der Waals surface area contributed by atoms with Gasteiger partial charge < -0.3 is 83.5 Å². The van der Waals surface area contributed by atoms with Crippen molar-refractivity contribution in [2.45, 2.75) is 61.4 Å². The summed E-state index contributed by atoms with van der Waals surface area (Å²) in [6.45, 7) is -1.42. The third kappa shape index (κ3) is 9.65. The fourth-order valence-corrected chi connectivity index (χ4v) is 5.33. The fraction of sp³-hybridized carbons (Fsp3) is 0.471. The number of phenols is 2. The standard InChI is InChI=1S/C34H42O19/c1-45-17-9-15(10-18(46-2)25(17)38)5-7-23(36)52-32-30(43)28(41)22(14-49-33-31(44)29(42)27(40)21(13-35)50-33)51-34(32)53-24(37)8-6-16-11-19(47-3)26(39)20(12-16)48-4/h5-12,21-22,27-35,38-44H,13-14H2,1-4H3/t21-,22-,27-,28-,29+,30+,31-,32-,33-,34+/m1/s1. The van der Waals surface area contributed by atoms with Gasteiger partial charge in [-0.05, 0) is 47.5 Å². The molecule has 2 fully saturated rings. The second-order valence-electron chi connectivity index (χ2n) is 11.6. The lowest BCUT2D eigenvalue weighted by Gasteiger charge is -2.43. The third-order valence-electron chi connectivity index (χ3n) is 8.23. The summed E-state index contributed by atoms with van der Waals surface area (Å²) in [7, 11) is 5.23. The summed E-state index contributed by atoms with van der Waals surface area (Å²) in [4.78, 5) is 26.0. The maximum atomic E-state index is 13.0. The van der Waals surface area contributed by atoms with E-state index in [0.29, 0.717) is 11.1 Å². The largest absolute Gasteiger partial charge is 0.502 e. The van der Waals surface area contributed by atoms with E-state index in [1.807, 2.05) is 0 Å². The molecule has 0 aliphatic carbocycles. The Kier molecular flexibility index (Phi) is 14.2. The van der Waals surface area contributed by atoms with Crippen LogP contribution in [0.2, 0.25) is 0 Å². The van der Waals surface area contributed by atoms with Crippen LogP contribution in [0.5, 0.6) is 34.5 Å². The lowest BCUT2D eigenvalue weighted by Crippen LogP contribution is -2.62. The number of aliphatic hydroxyl groups is 6. The second-order valence-corrected chi connectivity index (χ2v) is 11.6. The van der Waals surface area contributed by atoms with Crippen molar-refractivity contribution in [2.24, 2.45) is 0 Å². The molecular formula is C34H42O19. The van der Waals surface area contributed by atoms with E-state index < -0.39 is 86.6 Å². The molecule has 2 aromatic carbocycles. The molecule has 2 aliphatic heterocycles. The second kappa shape index (κ2) is 18.4. The molecular weight excluding hydrogens is 712 g/mol. The van der Waals surface area contributed by atoms with E-state index in [0.717, 1.165) is 12.2 Å². The molecule has 0 spiro atoms. The summed E-state index contributed by atoms with van der Waals surface area (Å²) in [5.74, 6) is -2.58. The van der Waals surface area contributed by atoms with E-state index in [2.05, 4.69) is 0 Å². The third-order valence-corrected chi connectivity index (χ3v) is 8.23. The molecule has 0 unspecified atom stereocenters. The minimum absolute atomic E-state index is 0.0385. The van der Waals surface area contributed by atoms with E-state index in [-0.39, 0.29) is 34.5 Å². The van der Waals surface area contributed by atoms with E-state index in [9.17, 15) is 50.4 Å². The van der Waals surface area contributed by atoms with Crippen molar-refractivity contribution in [2.75, 3.05) is 41.7 Å². The quantitative estimate of drug-likeness (QED) is 0.0811. The average Bonchev–Trinajstić information content (AvgIpc) is 3.15. The predicted octanol–water partition coefficient (Wildman–Crippen LogP) is -1.42. The summed E-state index contributed by atoms with van der Waals surface area (Å²) in [6, 6.07) is 5.56. The van der Waals surface area contributed by atoms with Crippen molar-refractivity contribution in [1.29, 1.82) is 0 Å². The molecule has 53 heavy (non-hydrogen) atoms. The van der Waals surface area contributed by atoms with Gasteiger partial charge in [-0.3, -0.25) is 0 Å². The number of aliphatic hydroxyl groups excluding tert-OH is 6. The van der Waals surface area contributed by atoms with E-state index in [4.69, 9.17) is 42.6 Å². The topological polar surface area (TPSA) is 279 Å². The first kappa shape index (κ1) is 41.1. The van der Waals surface area contributed by atoms with E-state index in [1.165, 1.54) is 64.9 Å². The first-order chi connectivity index (χ1) is 25.3. The zero-order valence-corrected chi connectivity index (χ0v) is 28.9. The molecule has 292 valence electrons. The molecule has 4 rings (SSSR count). The van der Waals surface area contributed by atoms with Crippen LogP contribution >= 0.6 is 0 Å². The molecule has 8 N–H and O–H groups in total. The highest BCUT2D eigenvalue weighted by atomic mass is 16.7. The molecule has 2 saturated heterocycles. The number of carbonyl (C=O) groups excluding carboxylic acids is 2. The van der Waals surface area contributed by atoms with Gasteiger partial charge in [0.25, 0.3) is 0 Å². The lowest BCUT2D eigenvalue weighted by atomic mass is 9.98. The van der Waals surface area contributed by atoms with Crippen LogP contribution in [-0.2, 0) is 33.3 Å². The van der Waals surface area contributed by atoms with Gasteiger partial charge >= 0.3 is 11.9 Å². The molecule has 2 aliphatic rings. The van der Waals surface area contributed by atoms with Gasteiger partial charge in [-0.25, -0.2) is 9.59 Å². The minimum atomic E-state index is -1.97. The number of carbonyl (C=O) groups is 2. The summed E-state index contributed by atoms with van der Waals surface area (Å²) in [5.41, 5.74) is 0.657. The number of aromatic hydroxyl groups is 2. The number of hydrogen-bond acceptors (Lipinski definition) is 19. The zero-order valence-electron chi connectivity index (χ0n) is 28.9. The molecule has 0 radical (unpaired) electrons. The molecule has 0 saturated carbocycles. The molecule has 0 amide bonds. The SMILES string of the molecule is COc1cc(C=CC(=O)O[C@@H]2O[C@H](CO[C@@H]3O[C@H](CO)[C@@H](O)[C@H](O)[C@H]3O)[C@@H](O)[C@H](O)[C@H]2OC(=O)C=Cc2cc(OC)c(O)c(OC)c2)cc(OC)c1O. The van der Waals surface area contributed by atoms with Crippen molar-refractivity contribution < 1.29 is 93.1 Å². The van der Waals surface area contributed by atoms with Gasteiger partial charge in [0, 0.05) is 12.2 Å². The summed E-state index contributed by atoms with van der Waals surface area (Å²) < 4.78 is 47.7. The number of rotatable bonds is 14. The number of esters is 2. The van der Waals surface area contributed by atoms with Gasteiger partial charge in [0.1, 0.15) is 42.7 Å². The highest BCUT2D eigenvalue weighted by Gasteiger charge is 2.50. The molecule has 2 aromatic rings. The Hall–Kier alpha value is -4.70. The van der Waals surface area contributed by atoms with Gasteiger partial charge in [0.05, 0.1) is 41.7 Å². The first-order valence-electron chi connectivity index (χ1n) is 15.9. The van der Waals surface area contributed by atoms with Crippen LogP contribution in [0.3, 0.4) is 0 Å². The van der Waals surface area contributed by atoms with Crippen LogP contribution < -0.4 is 18.9 Å². The maximum absolute atomic E-state index is 13.0. The monoisotopic (exact) mass is 754 g/mol. The number of phenolic OH excluding ortho intramolecular Hbond substituents is 2. The average molecular weight is 755 g/mol. The molecule has 19 nitrogen and oxygen atoms in total. The zero-order chi connectivity index (χ0) is 39.0. The summed E-state index contributed by atoms with van der Waals surface area (Å²) in [6.07, 6.45) is -12.9. The Bertz CT molecular complexity index is 1570. The normalized spacial score (nSPS) is 28.8. The van der Waals surface area contributed by atoms with Crippen LogP contribution in [0.4, 0.5) is 0 Å². The lowest BCUT2D eigenvalue weighted by molar-refractivity contribution is -0.327. The Balaban J connectivity index is 1.55. The van der Waals surface area contributed by atoms with Crippen LogP contribution in [0.1, 0.15) is 11.1 Å². The van der Waals surface area contributed by atoms with Crippen LogP contribution in [-0.4, -0.2) is 156 Å². The van der Waals surface area contributed by atoms with Crippen molar-refractivity contribution in [3.8, 4) is 34.5 Å². The van der Waals surface area contributed by atoms with Crippen LogP contribution in [0.25, 0.3) is 12.2 Å². The number of ether oxygens (including phenoxy) is 9. The summed E-state index contributed by atoms with van der Waals surface area (Å²) in [5, 5.41) is 82.3. The molecule has 10 atom stereocenters. The van der Waals surface area contributed by atoms with Crippen molar-refractivity contribution in [1.82, 2.24) is 0 Å². The van der Waals surface area contributed by atoms with Gasteiger partial charge in [-0.2, -0.15) is 0 Å². The van der Waals surface area contributed by atoms with E-state index in [1.54, 1.807) is 0 Å². The van der Waals surface area contributed by atoms with Gasteiger partial charge in [-0.1, -0.05) is 0 Å².